The zero-order valence-corrected chi connectivity index (χ0v) is 12.0. The summed E-state index contributed by atoms with van der Waals surface area (Å²) >= 11 is 0. The Labute approximate surface area is 116 Å². The molecular formula is C13H21F3N2O2. The van der Waals surface area contributed by atoms with Gasteiger partial charge in [-0.1, -0.05) is 13.8 Å². The summed E-state index contributed by atoms with van der Waals surface area (Å²) in [6.07, 6.45) is -3.33. The van der Waals surface area contributed by atoms with Crippen LogP contribution >= 0.6 is 0 Å². The predicted octanol–water partition coefficient (Wildman–Crippen LogP) is 2.04. The van der Waals surface area contributed by atoms with Crippen molar-refractivity contribution >= 4 is 11.8 Å². The molecule has 1 aliphatic rings. The largest absolute Gasteiger partial charge is 0.406 e. The Kier molecular flexibility index (Phi) is 5.42. The van der Waals surface area contributed by atoms with Gasteiger partial charge in [0.1, 0.15) is 12.6 Å². The first-order valence-electron chi connectivity index (χ1n) is 6.83. The quantitative estimate of drug-likeness (QED) is 0.796. The smallest absolute Gasteiger partial charge is 0.332 e. The van der Waals surface area contributed by atoms with E-state index in [4.69, 9.17) is 0 Å². The van der Waals surface area contributed by atoms with Crippen LogP contribution in [0, 0.1) is 5.92 Å². The van der Waals surface area contributed by atoms with E-state index < -0.39 is 24.7 Å². The number of likely N-dealkylation sites (tertiary alicyclic amines) is 1. The fraction of sp³-hybridized carbons (Fsp3) is 0.846. The van der Waals surface area contributed by atoms with Crippen molar-refractivity contribution in [1.29, 1.82) is 0 Å². The normalized spacial score (nSPS) is 19.6. The summed E-state index contributed by atoms with van der Waals surface area (Å²) in [5, 5.41) is 0. The van der Waals surface area contributed by atoms with Gasteiger partial charge in [0.15, 0.2) is 0 Å². The summed E-state index contributed by atoms with van der Waals surface area (Å²) < 4.78 is 37.3. The van der Waals surface area contributed by atoms with Crippen molar-refractivity contribution in [3.63, 3.8) is 0 Å². The molecule has 7 heteroatoms. The van der Waals surface area contributed by atoms with Crippen molar-refractivity contribution in [2.45, 2.75) is 45.8 Å². The fourth-order valence-corrected chi connectivity index (χ4v) is 2.39. The van der Waals surface area contributed by atoms with Crippen LogP contribution < -0.4 is 0 Å². The van der Waals surface area contributed by atoms with Crippen LogP contribution in [0.5, 0.6) is 0 Å². The van der Waals surface area contributed by atoms with E-state index >= 15 is 0 Å². The average molecular weight is 294 g/mol. The van der Waals surface area contributed by atoms with E-state index in [0.29, 0.717) is 19.4 Å². The Morgan fingerprint density at radius 1 is 1.35 bits per heavy atom. The molecule has 4 nitrogen and oxygen atoms in total. The van der Waals surface area contributed by atoms with Crippen LogP contribution in [0.2, 0.25) is 0 Å². The van der Waals surface area contributed by atoms with Crippen molar-refractivity contribution in [2.75, 3.05) is 19.6 Å². The maximum atomic E-state index is 12.4. The fourth-order valence-electron chi connectivity index (χ4n) is 2.39. The molecule has 2 amide bonds. The van der Waals surface area contributed by atoms with Crippen LogP contribution in [0.1, 0.15) is 33.6 Å². The van der Waals surface area contributed by atoms with Crippen LogP contribution in [0.15, 0.2) is 0 Å². The summed E-state index contributed by atoms with van der Waals surface area (Å²) in [4.78, 5) is 26.4. The molecule has 0 radical (unpaired) electrons. The molecule has 0 spiro atoms. The lowest BCUT2D eigenvalue weighted by Crippen LogP contribution is -2.50. The lowest BCUT2D eigenvalue weighted by Gasteiger charge is -2.31. The average Bonchev–Trinajstić information content (AvgIpc) is 2.81. The first-order chi connectivity index (χ1) is 9.17. The van der Waals surface area contributed by atoms with Gasteiger partial charge in [-0.15, -0.1) is 0 Å². The van der Waals surface area contributed by atoms with Crippen molar-refractivity contribution in [1.82, 2.24) is 9.80 Å². The van der Waals surface area contributed by atoms with Crippen molar-refractivity contribution in [3.8, 4) is 0 Å². The zero-order chi connectivity index (χ0) is 15.5. The zero-order valence-electron chi connectivity index (χ0n) is 12.0. The topological polar surface area (TPSA) is 40.6 Å². The molecule has 0 saturated carbocycles. The lowest BCUT2D eigenvalue weighted by molar-refractivity contribution is -0.164. The van der Waals surface area contributed by atoms with Crippen LogP contribution in [0.25, 0.3) is 0 Å². The standard InChI is InChI=1S/C13H21F3N2O2/c1-4-17(8-13(14,15)16)12(20)10-6-5-7-18(10)11(19)9(2)3/h9-10H,4-8H2,1-3H3/t10-/m0/s1. The number of nitrogens with zero attached hydrogens (tertiary/aromatic N) is 2. The van der Waals surface area contributed by atoms with E-state index in [1.807, 2.05) is 0 Å². The van der Waals surface area contributed by atoms with Gasteiger partial charge in [0, 0.05) is 19.0 Å². The van der Waals surface area contributed by atoms with E-state index in [1.165, 1.54) is 11.8 Å². The molecule has 0 aromatic rings. The summed E-state index contributed by atoms with van der Waals surface area (Å²) in [7, 11) is 0. The molecule has 0 unspecified atom stereocenters. The Morgan fingerprint density at radius 2 is 1.95 bits per heavy atom. The van der Waals surface area contributed by atoms with Gasteiger partial charge >= 0.3 is 6.18 Å². The highest BCUT2D eigenvalue weighted by atomic mass is 19.4. The second kappa shape index (κ2) is 6.45. The van der Waals surface area contributed by atoms with E-state index in [-0.39, 0.29) is 18.4 Å². The van der Waals surface area contributed by atoms with Crippen LogP contribution in [-0.4, -0.2) is 53.5 Å². The number of halogens is 3. The summed E-state index contributed by atoms with van der Waals surface area (Å²) in [6, 6.07) is -0.743. The molecule has 20 heavy (non-hydrogen) atoms. The molecule has 1 atom stereocenters. The third-order valence-electron chi connectivity index (χ3n) is 3.38. The monoisotopic (exact) mass is 294 g/mol. The molecule has 0 aromatic heterocycles. The minimum absolute atomic E-state index is 0.0153. The Balaban J connectivity index is 2.80. The van der Waals surface area contributed by atoms with Gasteiger partial charge in [-0.3, -0.25) is 9.59 Å². The molecule has 1 fully saturated rings. The Morgan fingerprint density at radius 3 is 2.40 bits per heavy atom. The molecule has 0 aliphatic carbocycles. The maximum Gasteiger partial charge on any atom is 0.406 e. The van der Waals surface area contributed by atoms with Gasteiger partial charge < -0.3 is 9.80 Å². The van der Waals surface area contributed by atoms with Gasteiger partial charge in [-0.05, 0) is 19.8 Å². The molecule has 0 aromatic carbocycles. The highest BCUT2D eigenvalue weighted by Crippen LogP contribution is 2.23. The Hall–Kier alpha value is -1.27. The highest BCUT2D eigenvalue weighted by molar-refractivity contribution is 5.89. The van der Waals surface area contributed by atoms with Crippen molar-refractivity contribution in [3.05, 3.63) is 0 Å². The minimum Gasteiger partial charge on any atom is -0.332 e. The van der Waals surface area contributed by atoms with E-state index in [9.17, 15) is 22.8 Å². The number of alkyl halides is 3. The molecule has 1 aliphatic heterocycles. The number of rotatable bonds is 4. The van der Waals surface area contributed by atoms with Gasteiger partial charge in [-0.25, -0.2) is 0 Å². The van der Waals surface area contributed by atoms with Gasteiger partial charge in [0.05, 0.1) is 0 Å². The van der Waals surface area contributed by atoms with Gasteiger partial charge in [0.2, 0.25) is 11.8 Å². The minimum atomic E-state index is -4.42. The lowest BCUT2D eigenvalue weighted by atomic mass is 10.1. The molecular weight excluding hydrogens is 273 g/mol. The first-order valence-corrected chi connectivity index (χ1v) is 6.83. The number of likely N-dealkylation sites (N-methyl/N-ethyl adjacent to an activating group) is 1. The van der Waals surface area contributed by atoms with Crippen molar-refractivity contribution in [2.24, 2.45) is 5.92 Å². The highest BCUT2D eigenvalue weighted by Gasteiger charge is 2.40. The summed E-state index contributed by atoms with van der Waals surface area (Å²) in [5.74, 6) is -1.04. The number of hydrogen-bond acceptors (Lipinski definition) is 2. The molecule has 1 saturated heterocycles. The molecule has 0 bridgehead atoms. The second-order valence-electron chi connectivity index (χ2n) is 5.31. The summed E-state index contributed by atoms with van der Waals surface area (Å²) in [6.45, 7) is 4.11. The SMILES string of the molecule is CCN(CC(F)(F)F)C(=O)[C@@H]1CCCN1C(=O)C(C)C. The van der Waals surface area contributed by atoms with E-state index in [0.717, 1.165) is 4.90 Å². The first kappa shape index (κ1) is 16.8. The van der Waals surface area contributed by atoms with Gasteiger partial charge in [0.25, 0.3) is 0 Å². The predicted molar refractivity (Wildman–Crippen MR) is 67.9 cm³/mol. The van der Waals surface area contributed by atoms with E-state index in [1.54, 1.807) is 13.8 Å². The number of hydrogen-bond donors (Lipinski definition) is 0. The van der Waals surface area contributed by atoms with Crippen LogP contribution in [0.4, 0.5) is 13.2 Å². The molecule has 1 rings (SSSR count). The molecule has 116 valence electrons. The molecule has 0 N–H and O–H groups in total. The Bertz CT molecular complexity index is 369. The number of carbonyl (C=O) groups is 2. The number of carbonyl (C=O) groups excluding carboxylic acids is 2. The second-order valence-corrected chi connectivity index (χ2v) is 5.31. The van der Waals surface area contributed by atoms with Crippen LogP contribution in [0.3, 0.4) is 0 Å². The summed E-state index contributed by atoms with van der Waals surface area (Å²) in [5.41, 5.74) is 0. The number of amides is 2. The van der Waals surface area contributed by atoms with Crippen molar-refractivity contribution < 1.29 is 22.8 Å². The molecule has 1 heterocycles. The van der Waals surface area contributed by atoms with E-state index in [2.05, 4.69) is 0 Å². The van der Waals surface area contributed by atoms with Gasteiger partial charge in [-0.2, -0.15) is 13.2 Å². The third kappa shape index (κ3) is 4.11. The third-order valence-corrected chi connectivity index (χ3v) is 3.38. The van der Waals surface area contributed by atoms with Crippen LogP contribution in [-0.2, 0) is 9.59 Å². The maximum absolute atomic E-state index is 12.4.